The summed E-state index contributed by atoms with van der Waals surface area (Å²) in [5.41, 5.74) is 1.70. The number of nitrogens with one attached hydrogen (secondary N) is 2. The Morgan fingerprint density at radius 1 is 1.08 bits per heavy atom. The molecule has 130 valence electrons. The second-order valence-electron chi connectivity index (χ2n) is 5.59. The van der Waals surface area contributed by atoms with Crippen LogP contribution in [0, 0.1) is 0 Å². The number of carbonyl (C=O) groups is 2. The molecule has 0 aliphatic heterocycles. The molecule has 3 rings (SSSR count). The van der Waals surface area contributed by atoms with Crippen molar-refractivity contribution in [1.82, 2.24) is 20.2 Å². The lowest BCUT2D eigenvalue weighted by Crippen LogP contribution is -2.29. The molecule has 2 amide bonds. The number of hydrogen-bond acceptors (Lipinski definition) is 4. The van der Waals surface area contributed by atoms with E-state index >= 15 is 0 Å². The lowest BCUT2D eigenvalue weighted by Gasteiger charge is -2.10. The highest BCUT2D eigenvalue weighted by Crippen LogP contribution is 2.16. The second-order valence-corrected chi connectivity index (χ2v) is 6.62. The number of imidazole rings is 1. The van der Waals surface area contributed by atoms with Gasteiger partial charge in [0.15, 0.2) is 0 Å². The van der Waals surface area contributed by atoms with Gasteiger partial charge in [-0.05, 0) is 23.6 Å². The highest BCUT2D eigenvalue weighted by atomic mass is 32.1. The third kappa shape index (κ3) is 4.24. The van der Waals surface area contributed by atoms with Crippen LogP contribution in [0.3, 0.4) is 0 Å². The number of hydrogen-bond donors (Lipinski definition) is 2. The first kappa shape index (κ1) is 17.2. The molecule has 0 spiro atoms. The molecule has 7 heteroatoms. The van der Waals surface area contributed by atoms with Gasteiger partial charge in [-0.25, -0.2) is 4.98 Å². The largest absolute Gasteiger partial charge is 0.350 e. The van der Waals surface area contributed by atoms with Crippen LogP contribution in [0.2, 0.25) is 0 Å². The van der Waals surface area contributed by atoms with E-state index in [1.165, 1.54) is 0 Å². The molecule has 3 aromatic rings. The molecule has 0 bridgehead atoms. The van der Waals surface area contributed by atoms with Crippen molar-refractivity contribution < 1.29 is 9.59 Å². The van der Waals surface area contributed by atoms with Gasteiger partial charge in [0, 0.05) is 11.3 Å². The smallest absolute Gasteiger partial charge is 0.240 e. The highest BCUT2D eigenvalue weighted by molar-refractivity contribution is 7.09. The fourth-order valence-electron chi connectivity index (χ4n) is 2.54. The standard InChI is InChI=1S/C18H20N4O2S/c1-2-17(23)20-11-16-21-14-7-3-4-8-15(14)22(16)12-18(24)19-10-13-6-5-9-25-13/h3-9H,2,10-12H2,1H3,(H,19,24)(H,20,23). The monoisotopic (exact) mass is 356 g/mol. The van der Waals surface area contributed by atoms with Crippen molar-refractivity contribution in [1.29, 1.82) is 0 Å². The van der Waals surface area contributed by atoms with Crippen LogP contribution >= 0.6 is 11.3 Å². The van der Waals surface area contributed by atoms with Crippen molar-refractivity contribution in [3.8, 4) is 0 Å². The predicted octanol–water partition coefficient (Wildman–Crippen LogP) is 2.44. The first-order chi connectivity index (χ1) is 12.2. The summed E-state index contributed by atoms with van der Waals surface area (Å²) in [5.74, 6) is 0.551. The molecule has 0 unspecified atom stereocenters. The summed E-state index contributed by atoms with van der Waals surface area (Å²) in [6, 6.07) is 11.6. The fraction of sp³-hybridized carbons (Fsp3) is 0.278. The molecule has 1 aromatic carbocycles. The molecule has 0 radical (unpaired) electrons. The van der Waals surface area contributed by atoms with E-state index in [0.717, 1.165) is 15.9 Å². The van der Waals surface area contributed by atoms with E-state index < -0.39 is 0 Å². The van der Waals surface area contributed by atoms with E-state index in [0.29, 0.717) is 25.3 Å². The SMILES string of the molecule is CCC(=O)NCc1nc2ccccc2n1CC(=O)NCc1cccs1. The number of aromatic nitrogens is 2. The van der Waals surface area contributed by atoms with E-state index in [4.69, 9.17) is 0 Å². The zero-order valence-corrected chi connectivity index (χ0v) is 14.8. The second kappa shape index (κ2) is 7.94. The molecule has 2 N–H and O–H groups in total. The number of para-hydroxylation sites is 2. The van der Waals surface area contributed by atoms with E-state index in [-0.39, 0.29) is 18.4 Å². The molecule has 0 aliphatic carbocycles. The first-order valence-electron chi connectivity index (χ1n) is 8.17. The van der Waals surface area contributed by atoms with Crippen LogP contribution in [0.15, 0.2) is 41.8 Å². The van der Waals surface area contributed by atoms with Gasteiger partial charge in [-0.15, -0.1) is 11.3 Å². The van der Waals surface area contributed by atoms with Gasteiger partial charge in [-0.1, -0.05) is 25.1 Å². The molecule has 25 heavy (non-hydrogen) atoms. The Morgan fingerprint density at radius 3 is 2.64 bits per heavy atom. The van der Waals surface area contributed by atoms with Crippen molar-refractivity contribution >= 4 is 34.2 Å². The van der Waals surface area contributed by atoms with Crippen LogP contribution < -0.4 is 10.6 Å². The van der Waals surface area contributed by atoms with Crippen molar-refractivity contribution in [2.45, 2.75) is 33.0 Å². The maximum Gasteiger partial charge on any atom is 0.240 e. The Balaban J connectivity index is 1.75. The summed E-state index contributed by atoms with van der Waals surface area (Å²) in [6.07, 6.45) is 0.418. The van der Waals surface area contributed by atoms with Crippen LogP contribution in [0.4, 0.5) is 0 Å². The third-order valence-electron chi connectivity index (χ3n) is 3.84. The summed E-state index contributed by atoms with van der Waals surface area (Å²) < 4.78 is 1.86. The predicted molar refractivity (Wildman–Crippen MR) is 98.0 cm³/mol. The molecule has 0 fully saturated rings. The highest BCUT2D eigenvalue weighted by Gasteiger charge is 2.14. The number of fused-ring (bicyclic) bond motifs is 1. The molecule has 0 saturated carbocycles. The van der Waals surface area contributed by atoms with Crippen LogP contribution in [-0.4, -0.2) is 21.4 Å². The van der Waals surface area contributed by atoms with Crippen molar-refractivity contribution in [3.63, 3.8) is 0 Å². The lowest BCUT2D eigenvalue weighted by molar-refractivity contribution is -0.122. The fourth-order valence-corrected chi connectivity index (χ4v) is 3.18. The number of amides is 2. The zero-order chi connectivity index (χ0) is 17.6. The zero-order valence-electron chi connectivity index (χ0n) is 14.0. The van der Waals surface area contributed by atoms with Gasteiger partial charge < -0.3 is 15.2 Å². The van der Waals surface area contributed by atoms with Crippen LogP contribution in [0.1, 0.15) is 24.0 Å². The quantitative estimate of drug-likeness (QED) is 0.683. The summed E-state index contributed by atoms with van der Waals surface area (Å²) in [7, 11) is 0. The van der Waals surface area contributed by atoms with E-state index in [2.05, 4.69) is 15.6 Å². The molecule has 2 heterocycles. The van der Waals surface area contributed by atoms with Gasteiger partial charge in [0.25, 0.3) is 0 Å². The van der Waals surface area contributed by atoms with Gasteiger partial charge >= 0.3 is 0 Å². The molecule has 2 aromatic heterocycles. The number of thiophene rings is 1. The van der Waals surface area contributed by atoms with Gasteiger partial charge in [-0.3, -0.25) is 9.59 Å². The molecule has 0 saturated heterocycles. The number of nitrogens with zero attached hydrogens (tertiary/aromatic N) is 2. The van der Waals surface area contributed by atoms with E-state index in [1.54, 1.807) is 18.3 Å². The minimum Gasteiger partial charge on any atom is -0.350 e. The molecular formula is C18H20N4O2S. The van der Waals surface area contributed by atoms with Crippen molar-refractivity contribution in [2.75, 3.05) is 0 Å². The number of rotatable bonds is 7. The van der Waals surface area contributed by atoms with E-state index in [1.807, 2.05) is 46.3 Å². The van der Waals surface area contributed by atoms with Crippen LogP contribution in [0.5, 0.6) is 0 Å². The Kier molecular flexibility index (Phi) is 5.45. The normalized spacial score (nSPS) is 10.8. The minimum atomic E-state index is -0.0837. The third-order valence-corrected chi connectivity index (χ3v) is 4.72. The maximum atomic E-state index is 12.4. The summed E-state index contributed by atoms with van der Waals surface area (Å²) in [6.45, 7) is 2.80. The van der Waals surface area contributed by atoms with E-state index in [9.17, 15) is 9.59 Å². The van der Waals surface area contributed by atoms with Gasteiger partial charge in [-0.2, -0.15) is 0 Å². The van der Waals surface area contributed by atoms with Crippen molar-refractivity contribution in [2.24, 2.45) is 0 Å². The average molecular weight is 356 g/mol. The van der Waals surface area contributed by atoms with Gasteiger partial charge in [0.05, 0.1) is 24.1 Å². The summed E-state index contributed by atoms with van der Waals surface area (Å²) >= 11 is 1.61. The van der Waals surface area contributed by atoms with Crippen molar-refractivity contribution in [3.05, 3.63) is 52.5 Å². The van der Waals surface area contributed by atoms with Crippen LogP contribution in [-0.2, 0) is 29.2 Å². The molecular weight excluding hydrogens is 336 g/mol. The van der Waals surface area contributed by atoms with Gasteiger partial charge in [0.2, 0.25) is 11.8 Å². The Labute approximate surface area is 149 Å². The molecule has 0 atom stereocenters. The molecule has 6 nitrogen and oxygen atoms in total. The average Bonchev–Trinajstić information content (AvgIpc) is 3.26. The van der Waals surface area contributed by atoms with Gasteiger partial charge in [0.1, 0.15) is 12.4 Å². The maximum absolute atomic E-state index is 12.4. The summed E-state index contributed by atoms with van der Waals surface area (Å²) in [5, 5.41) is 7.74. The Bertz CT molecular complexity index is 870. The summed E-state index contributed by atoms with van der Waals surface area (Å²) in [4.78, 5) is 29.6. The Hall–Kier alpha value is -2.67. The van der Waals surface area contributed by atoms with Crippen LogP contribution in [0.25, 0.3) is 11.0 Å². The Morgan fingerprint density at radius 2 is 1.88 bits per heavy atom. The number of benzene rings is 1. The number of carbonyl (C=O) groups excluding carboxylic acids is 2. The lowest BCUT2D eigenvalue weighted by atomic mass is 10.3. The minimum absolute atomic E-state index is 0.0410. The topological polar surface area (TPSA) is 76.0 Å². The first-order valence-corrected chi connectivity index (χ1v) is 9.05. The molecule has 0 aliphatic rings.